The van der Waals surface area contributed by atoms with Gasteiger partial charge in [-0.3, -0.25) is 0 Å². The van der Waals surface area contributed by atoms with Crippen LogP contribution in [0.25, 0.3) is 17.0 Å². The Morgan fingerprint density at radius 1 is 1.50 bits per heavy atom. The number of furan rings is 1. The van der Waals surface area contributed by atoms with E-state index in [1.54, 1.807) is 13.0 Å². The van der Waals surface area contributed by atoms with E-state index in [1.807, 2.05) is 6.07 Å². The molecule has 22 heavy (non-hydrogen) atoms. The number of carbonyl (C=O) groups is 1. The van der Waals surface area contributed by atoms with Gasteiger partial charge in [-0.1, -0.05) is 17.7 Å². The smallest absolute Gasteiger partial charge is 0.330 e. The molecule has 0 unspecified atom stereocenters. The lowest BCUT2D eigenvalue weighted by atomic mass is 10.0. The van der Waals surface area contributed by atoms with Crippen molar-refractivity contribution in [1.29, 1.82) is 0 Å². The molecule has 3 rings (SSSR count). The van der Waals surface area contributed by atoms with Crippen LogP contribution < -0.4 is 0 Å². The van der Waals surface area contributed by atoms with Crippen molar-refractivity contribution in [3.05, 3.63) is 40.1 Å². The monoisotopic (exact) mass is 319 g/mol. The van der Waals surface area contributed by atoms with Crippen LogP contribution >= 0.6 is 11.6 Å². The van der Waals surface area contributed by atoms with Crippen LogP contribution in [0.2, 0.25) is 5.02 Å². The zero-order valence-corrected chi connectivity index (χ0v) is 13.4. The summed E-state index contributed by atoms with van der Waals surface area (Å²) in [5, 5.41) is 1.68. The molecule has 0 radical (unpaired) electrons. The molecule has 116 valence electrons. The molecule has 2 aromatic rings. The third-order valence-electron chi connectivity index (χ3n) is 3.86. The zero-order valence-electron chi connectivity index (χ0n) is 12.7. The first-order valence-corrected chi connectivity index (χ1v) is 7.74. The lowest BCUT2D eigenvalue weighted by Crippen LogP contribution is -2.18. The minimum Gasteiger partial charge on any atom is -0.463 e. The van der Waals surface area contributed by atoms with Gasteiger partial charge in [0.15, 0.2) is 5.58 Å². The van der Waals surface area contributed by atoms with Gasteiger partial charge in [-0.2, -0.15) is 0 Å². The molecule has 0 N–H and O–H groups in total. The number of benzene rings is 1. The van der Waals surface area contributed by atoms with Crippen LogP contribution in [0.15, 0.2) is 22.6 Å². The summed E-state index contributed by atoms with van der Waals surface area (Å²) in [5.41, 5.74) is 3.01. The fraction of sp³-hybridized carbons (Fsp3) is 0.353. The van der Waals surface area contributed by atoms with E-state index in [0.717, 1.165) is 30.5 Å². The van der Waals surface area contributed by atoms with E-state index in [9.17, 15) is 4.79 Å². The largest absolute Gasteiger partial charge is 0.463 e. The number of esters is 1. The Labute approximate surface area is 134 Å². The van der Waals surface area contributed by atoms with Crippen LogP contribution in [-0.4, -0.2) is 31.1 Å². The van der Waals surface area contributed by atoms with Crippen molar-refractivity contribution in [1.82, 2.24) is 4.90 Å². The highest BCUT2D eigenvalue weighted by atomic mass is 35.5. The van der Waals surface area contributed by atoms with Crippen LogP contribution in [0, 0.1) is 0 Å². The van der Waals surface area contributed by atoms with Crippen molar-refractivity contribution in [2.24, 2.45) is 0 Å². The van der Waals surface area contributed by atoms with E-state index in [2.05, 4.69) is 18.0 Å². The summed E-state index contributed by atoms with van der Waals surface area (Å²) in [6.07, 6.45) is 4.03. The van der Waals surface area contributed by atoms with Crippen LogP contribution in [-0.2, 0) is 22.5 Å². The molecule has 0 saturated heterocycles. The summed E-state index contributed by atoms with van der Waals surface area (Å²) in [6, 6.07) is 3.93. The van der Waals surface area contributed by atoms with Crippen LogP contribution in [0.4, 0.5) is 0 Å². The highest BCUT2D eigenvalue weighted by molar-refractivity contribution is 6.35. The standard InChI is InChI=1S/C17H18ClNO3/c1-3-21-15(20)7-6-14-12-10-19(2)9-8-11-4-5-13(18)17(22-14)16(11)12/h4-7H,3,8-10H2,1-2H3/b7-6+. The molecule has 1 aromatic heterocycles. The molecular formula is C17H18ClNO3. The van der Waals surface area contributed by atoms with Crippen molar-refractivity contribution >= 4 is 34.6 Å². The minimum atomic E-state index is -0.372. The summed E-state index contributed by atoms with van der Waals surface area (Å²) in [7, 11) is 2.07. The quantitative estimate of drug-likeness (QED) is 0.640. The molecule has 1 aliphatic rings. The van der Waals surface area contributed by atoms with Crippen LogP contribution in [0.5, 0.6) is 0 Å². The average Bonchev–Trinajstić information content (AvgIpc) is 2.75. The van der Waals surface area contributed by atoms with Crippen molar-refractivity contribution in [2.75, 3.05) is 20.2 Å². The summed E-state index contributed by atoms with van der Waals surface area (Å²) in [4.78, 5) is 13.8. The molecule has 0 amide bonds. The Kier molecular flexibility index (Phi) is 4.23. The van der Waals surface area contributed by atoms with Gasteiger partial charge in [0, 0.05) is 30.1 Å². The third-order valence-corrected chi connectivity index (χ3v) is 4.15. The zero-order chi connectivity index (χ0) is 15.7. The maximum absolute atomic E-state index is 11.5. The molecule has 5 heteroatoms. The minimum absolute atomic E-state index is 0.356. The molecule has 1 aliphatic heterocycles. The molecule has 1 aromatic carbocycles. The van der Waals surface area contributed by atoms with Gasteiger partial charge >= 0.3 is 5.97 Å². The second-order valence-corrected chi connectivity index (χ2v) is 5.84. The van der Waals surface area contributed by atoms with Crippen LogP contribution in [0.1, 0.15) is 23.8 Å². The number of halogens is 1. The second kappa shape index (κ2) is 6.15. The van der Waals surface area contributed by atoms with E-state index >= 15 is 0 Å². The van der Waals surface area contributed by atoms with Gasteiger partial charge < -0.3 is 14.1 Å². The van der Waals surface area contributed by atoms with Crippen molar-refractivity contribution < 1.29 is 13.9 Å². The normalized spacial score (nSPS) is 15.4. The fourth-order valence-electron chi connectivity index (χ4n) is 2.82. The maximum Gasteiger partial charge on any atom is 0.330 e. The van der Waals surface area contributed by atoms with E-state index < -0.39 is 0 Å². The van der Waals surface area contributed by atoms with Gasteiger partial charge in [-0.05, 0) is 38.1 Å². The van der Waals surface area contributed by atoms with Gasteiger partial charge in [-0.25, -0.2) is 4.79 Å². The highest BCUT2D eigenvalue weighted by Gasteiger charge is 2.22. The molecule has 2 heterocycles. The van der Waals surface area contributed by atoms with Gasteiger partial charge in [0.2, 0.25) is 0 Å². The number of carbonyl (C=O) groups excluding carboxylic acids is 1. The SMILES string of the molecule is CCOC(=O)/C=C/c1oc2c(Cl)ccc3c2c1CN(C)CC3. The number of nitrogens with zero attached hydrogens (tertiary/aromatic N) is 1. The first kappa shape index (κ1) is 15.1. The summed E-state index contributed by atoms with van der Waals surface area (Å²) < 4.78 is 10.8. The molecule has 0 bridgehead atoms. The van der Waals surface area contributed by atoms with Crippen molar-refractivity contribution in [2.45, 2.75) is 19.9 Å². The maximum atomic E-state index is 11.5. The van der Waals surface area contributed by atoms with E-state index in [4.69, 9.17) is 20.8 Å². The molecule has 0 spiro atoms. The topological polar surface area (TPSA) is 42.7 Å². The Hall–Kier alpha value is -1.78. The van der Waals surface area contributed by atoms with Gasteiger partial charge in [0.05, 0.1) is 11.6 Å². The van der Waals surface area contributed by atoms with Crippen molar-refractivity contribution in [3.63, 3.8) is 0 Å². The molecule has 4 nitrogen and oxygen atoms in total. The fourth-order valence-corrected chi connectivity index (χ4v) is 3.01. The lowest BCUT2D eigenvalue weighted by Gasteiger charge is -2.12. The Balaban J connectivity index is 2.11. The van der Waals surface area contributed by atoms with E-state index in [-0.39, 0.29) is 5.97 Å². The number of ether oxygens (including phenoxy) is 1. The second-order valence-electron chi connectivity index (χ2n) is 5.43. The Morgan fingerprint density at radius 2 is 2.32 bits per heavy atom. The first-order chi connectivity index (χ1) is 10.6. The van der Waals surface area contributed by atoms with Crippen molar-refractivity contribution in [3.8, 4) is 0 Å². The first-order valence-electron chi connectivity index (χ1n) is 7.36. The third kappa shape index (κ3) is 2.76. The molecular weight excluding hydrogens is 302 g/mol. The number of hydrogen-bond acceptors (Lipinski definition) is 4. The Bertz CT molecular complexity index is 748. The van der Waals surface area contributed by atoms with Gasteiger partial charge in [0.25, 0.3) is 0 Å². The lowest BCUT2D eigenvalue weighted by molar-refractivity contribution is -0.137. The molecule has 0 aliphatic carbocycles. The van der Waals surface area contributed by atoms with Crippen LogP contribution in [0.3, 0.4) is 0 Å². The van der Waals surface area contributed by atoms with E-state index in [1.165, 1.54) is 11.6 Å². The molecule has 0 fully saturated rings. The predicted octanol–water partition coefficient (Wildman–Crippen LogP) is 3.65. The van der Waals surface area contributed by atoms with Gasteiger partial charge in [-0.15, -0.1) is 0 Å². The predicted molar refractivity (Wildman–Crippen MR) is 86.9 cm³/mol. The Morgan fingerprint density at radius 3 is 3.09 bits per heavy atom. The number of likely N-dealkylation sites (N-methyl/N-ethyl adjacent to an activating group) is 1. The number of hydrogen-bond donors (Lipinski definition) is 0. The summed E-state index contributed by atoms with van der Waals surface area (Å²) in [5.74, 6) is 0.301. The highest BCUT2D eigenvalue weighted by Crippen LogP contribution is 2.37. The van der Waals surface area contributed by atoms with E-state index in [0.29, 0.717) is 23.0 Å². The molecule has 0 saturated carbocycles. The summed E-state index contributed by atoms with van der Waals surface area (Å²) in [6.45, 7) is 3.88. The molecule has 0 atom stereocenters. The summed E-state index contributed by atoms with van der Waals surface area (Å²) >= 11 is 6.27. The average molecular weight is 320 g/mol. The van der Waals surface area contributed by atoms with Gasteiger partial charge in [0.1, 0.15) is 5.76 Å². The number of rotatable bonds is 3.